The van der Waals surface area contributed by atoms with Gasteiger partial charge in [0.25, 0.3) is 5.56 Å². The number of carbonyl (C=O) groups is 2. The van der Waals surface area contributed by atoms with Crippen molar-refractivity contribution in [2.24, 2.45) is 0 Å². The zero-order valence-corrected chi connectivity index (χ0v) is 21.7. The monoisotopic (exact) mass is 536 g/mol. The van der Waals surface area contributed by atoms with Crippen LogP contribution >= 0.6 is 11.8 Å². The van der Waals surface area contributed by atoms with E-state index < -0.39 is 6.09 Å². The van der Waals surface area contributed by atoms with Crippen molar-refractivity contribution in [3.63, 3.8) is 0 Å². The van der Waals surface area contributed by atoms with Crippen molar-refractivity contribution in [1.29, 1.82) is 0 Å². The van der Waals surface area contributed by atoms with Crippen LogP contribution in [0.5, 0.6) is 5.88 Å². The molecule has 1 saturated heterocycles. The van der Waals surface area contributed by atoms with E-state index in [0.29, 0.717) is 41.9 Å². The molecule has 3 aromatic heterocycles. The fourth-order valence-electron chi connectivity index (χ4n) is 5.41. The van der Waals surface area contributed by atoms with Crippen LogP contribution < -0.4 is 25.8 Å². The van der Waals surface area contributed by atoms with Crippen molar-refractivity contribution in [3.8, 4) is 5.88 Å². The lowest BCUT2D eigenvalue weighted by atomic mass is 9.88. The summed E-state index contributed by atoms with van der Waals surface area (Å²) in [6, 6.07) is 10.8. The van der Waals surface area contributed by atoms with E-state index in [1.54, 1.807) is 34.8 Å². The Morgan fingerprint density at radius 2 is 2.00 bits per heavy atom. The van der Waals surface area contributed by atoms with Gasteiger partial charge in [0.1, 0.15) is 23.4 Å². The number of fused-ring (bicyclic) bond motifs is 3. The maximum absolute atomic E-state index is 12.8. The lowest BCUT2D eigenvalue weighted by molar-refractivity contribution is -0.113. The number of amides is 2. The predicted octanol–water partition coefficient (Wildman–Crippen LogP) is 2.77. The molecule has 3 aromatic rings. The molecule has 2 aliphatic heterocycles. The maximum atomic E-state index is 12.8. The van der Waals surface area contributed by atoms with Crippen molar-refractivity contribution in [2.75, 3.05) is 29.6 Å². The highest BCUT2D eigenvalue weighted by Gasteiger charge is 2.46. The summed E-state index contributed by atoms with van der Waals surface area (Å²) >= 11 is 1.44. The Labute approximate surface area is 222 Å². The van der Waals surface area contributed by atoms with Gasteiger partial charge in [-0.2, -0.15) is 4.98 Å². The number of anilines is 2. The third kappa shape index (κ3) is 4.69. The van der Waals surface area contributed by atoms with Gasteiger partial charge in [0.15, 0.2) is 0 Å². The number of ether oxygens (including phenoxy) is 2. The summed E-state index contributed by atoms with van der Waals surface area (Å²) in [4.78, 5) is 48.6. The van der Waals surface area contributed by atoms with Crippen molar-refractivity contribution >= 4 is 46.4 Å². The number of hydrogen-bond donors (Lipinski definition) is 2. The number of hydrogen-bond acceptors (Lipinski definition) is 9. The fourth-order valence-corrected chi connectivity index (χ4v) is 6.17. The van der Waals surface area contributed by atoms with Crippen LogP contribution in [0.2, 0.25) is 0 Å². The minimum absolute atomic E-state index is 0.0895. The van der Waals surface area contributed by atoms with Crippen molar-refractivity contribution in [3.05, 3.63) is 46.8 Å². The molecule has 0 radical (unpaired) electrons. The molecular formula is C26H28N6O5S. The van der Waals surface area contributed by atoms with Gasteiger partial charge in [-0.25, -0.2) is 9.78 Å². The van der Waals surface area contributed by atoms with E-state index in [1.807, 2.05) is 18.2 Å². The second-order valence-corrected chi connectivity index (χ2v) is 10.6. The van der Waals surface area contributed by atoms with Crippen LogP contribution in [-0.2, 0) is 16.1 Å². The number of methoxy groups -OCH3 is 1. The van der Waals surface area contributed by atoms with Crippen LogP contribution in [0.25, 0.3) is 11.0 Å². The number of thioether (sulfide) groups is 1. The van der Waals surface area contributed by atoms with Gasteiger partial charge in [-0.15, -0.1) is 11.8 Å². The first kappa shape index (κ1) is 24.7. The second kappa shape index (κ2) is 10.3. The topological polar surface area (TPSA) is 128 Å². The zero-order chi connectivity index (χ0) is 26.2. The molecule has 0 bridgehead atoms. The number of nitrogens with one attached hydrogen (secondary N) is 2. The van der Waals surface area contributed by atoms with Gasteiger partial charge in [0.2, 0.25) is 11.8 Å². The lowest BCUT2D eigenvalue weighted by Gasteiger charge is -2.33. The number of carbonyl (C=O) groups excluding carboxylic acids is 2. The molecule has 2 fully saturated rings. The van der Waals surface area contributed by atoms with E-state index in [1.165, 1.54) is 11.8 Å². The molecule has 1 aliphatic carbocycles. The highest BCUT2D eigenvalue weighted by molar-refractivity contribution is 8.00. The van der Waals surface area contributed by atoms with Crippen LogP contribution in [-0.4, -0.2) is 64.1 Å². The van der Waals surface area contributed by atoms with Crippen LogP contribution in [0.3, 0.4) is 0 Å². The normalized spacial score (nSPS) is 22.6. The summed E-state index contributed by atoms with van der Waals surface area (Å²) in [6.45, 7) is 1.25. The number of aromatic nitrogens is 3. The number of pyridine rings is 3. The molecular weight excluding hydrogens is 508 g/mol. The highest BCUT2D eigenvalue weighted by Crippen LogP contribution is 2.37. The van der Waals surface area contributed by atoms with Crippen molar-refractivity contribution < 1.29 is 19.1 Å². The van der Waals surface area contributed by atoms with Gasteiger partial charge < -0.3 is 20.1 Å². The van der Waals surface area contributed by atoms with E-state index in [0.717, 1.165) is 36.1 Å². The average Bonchev–Trinajstić information content (AvgIpc) is 3.26. The molecule has 2 N–H and O–H groups in total. The highest BCUT2D eigenvalue weighted by atomic mass is 32.2. The van der Waals surface area contributed by atoms with Gasteiger partial charge >= 0.3 is 6.09 Å². The van der Waals surface area contributed by atoms with Gasteiger partial charge in [-0.3, -0.25) is 19.1 Å². The summed E-state index contributed by atoms with van der Waals surface area (Å²) in [5, 5.41) is 7.25. The Kier molecular flexibility index (Phi) is 6.66. The molecule has 12 heteroatoms. The summed E-state index contributed by atoms with van der Waals surface area (Å²) in [5.41, 5.74) is 0.523. The molecule has 11 nitrogen and oxygen atoms in total. The van der Waals surface area contributed by atoms with E-state index in [-0.39, 0.29) is 29.7 Å². The fraction of sp³-hybridized carbons (Fsp3) is 0.423. The minimum Gasteiger partial charge on any atom is -0.481 e. The van der Waals surface area contributed by atoms with Gasteiger partial charge in [-0.05, 0) is 50.1 Å². The third-order valence-electron chi connectivity index (χ3n) is 7.25. The first-order chi connectivity index (χ1) is 18.5. The third-order valence-corrected chi connectivity index (χ3v) is 8.30. The smallest absolute Gasteiger partial charge is 0.416 e. The molecule has 3 aliphatic rings. The molecule has 198 valence electrons. The first-order valence-corrected chi connectivity index (χ1v) is 13.7. The minimum atomic E-state index is -0.402. The Hall–Kier alpha value is -3.64. The van der Waals surface area contributed by atoms with E-state index in [9.17, 15) is 14.4 Å². The summed E-state index contributed by atoms with van der Waals surface area (Å²) < 4.78 is 12.6. The SMILES string of the molecule is COc1ccc2ccc(=O)n(CCCN[C@H]3CC[C@H]4[C@H](C3)OC(=O)N4c3ccc4c(n3)NC(=O)CS4)c2n1. The number of nitrogens with zero attached hydrogens (tertiary/aromatic N) is 4. The van der Waals surface area contributed by atoms with E-state index >= 15 is 0 Å². The van der Waals surface area contributed by atoms with Gasteiger partial charge in [0.05, 0.1) is 23.8 Å². The maximum Gasteiger partial charge on any atom is 0.416 e. The summed E-state index contributed by atoms with van der Waals surface area (Å²) in [7, 11) is 1.56. The van der Waals surface area contributed by atoms with Crippen LogP contribution in [0, 0.1) is 0 Å². The average molecular weight is 537 g/mol. The quantitative estimate of drug-likeness (QED) is 0.438. The summed E-state index contributed by atoms with van der Waals surface area (Å²) in [6.07, 6.45) is 2.49. The van der Waals surface area contributed by atoms with Gasteiger partial charge in [0, 0.05) is 36.5 Å². The Bertz CT molecular complexity index is 1460. The molecule has 0 spiro atoms. The second-order valence-electron chi connectivity index (χ2n) is 9.62. The predicted molar refractivity (Wildman–Crippen MR) is 143 cm³/mol. The molecule has 2 amide bonds. The largest absolute Gasteiger partial charge is 0.481 e. The van der Waals surface area contributed by atoms with Crippen molar-refractivity contribution in [1.82, 2.24) is 19.9 Å². The Morgan fingerprint density at radius 1 is 1.13 bits per heavy atom. The van der Waals surface area contributed by atoms with Crippen LogP contribution in [0.1, 0.15) is 25.7 Å². The molecule has 6 rings (SSSR count). The Morgan fingerprint density at radius 3 is 2.87 bits per heavy atom. The first-order valence-electron chi connectivity index (χ1n) is 12.7. The number of aryl methyl sites for hydroxylation is 1. The van der Waals surface area contributed by atoms with E-state index in [2.05, 4.69) is 20.6 Å². The number of rotatable bonds is 7. The summed E-state index contributed by atoms with van der Waals surface area (Å²) in [5.74, 6) is 1.74. The molecule has 0 unspecified atom stereocenters. The Balaban J connectivity index is 1.06. The van der Waals surface area contributed by atoms with Crippen molar-refractivity contribution in [2.45, 2.75) is 55.3 Å². The van der Waals surface area contributed by atoms with Crippen LogP contribution in [0.4, 0.5) is 16.4 Å². The molecule has 1 saturated carbocycles. The molecule has 5 heterocycles. The molecule has 38 heavy (non-hydrogen) atoms. The van der Waals surface area contributed by atoms with Crippen LogP contribution in [0.15, 0.2) is 46.1 Å². The van der Waals surface area contributed by atoms with E-state index in [4.69, 9.17) is 9.47 Å². The lowest BCUT2D eigenvalue weighted by Crippen LogP contribution is -2.46. The zero-order valence-electron chi connectivity index (χ0n) is 20.9. The molecule has 3 atom stereocenters. The standard InChI is InChI=1S/C26H28N6O5S/c1-36-22-9-3-15-4-10-23(34)31(25(15)30-22)12-2-11-27-16-5-6-17-18(13-16)37-26(35)32(17)20-8-7-19-24(28-20)29-21(33)14-38-19/h3-4,7-10,16-18,27H,2,5-6,11-14H2,1H3,(H,28,29,33)/t16-,17-,18-/m0/s1. The van der Waals surface area contributed by atoms with Gasteiger partial charge in [-0.1, -0.05) is 0 Å². The molecule has 0 aromatic carbocycles.